The number of cyclic esters (lactones) is 1. The number of aliphatic hydroxyl groups is 1. The summed E-state index contributed by atoms with van der Waals surface area (Å²) >= 11 is 0. The molecular formula is C11H12O6. The molecule has 6 heteroatoms. The average molecular weight is 240 g/mol. The molecule has 0 spiro atoms. The molecule has 2 unspecified atom stereocenters. The largest absolute Gasteiger partial charge is 0.504 e. The molecule has 0 aliphatic carbocycles. The molecule has 0 saturated carbocycles. The number of hydrogen-bond donors (Lipinski definition) is 3. The van der Waals surface area contributed by atoms with Gasteiger partial charge in [-0.25, -0.2) is 4.79 Å². The van der Waals surface area contributed by atoms with Gasteiger partial charge in [0.1, 0.15) is 17.8 Å². The lowest BCUT2D eigenvalue weighted by atomic mass is 9.95. The summed E-state index contributed by atoms with van der Waals surface area (Å²) in [6.07, 6.45) is -1.83. The first-order chi connectivity index (χ1) is 7.97. The number of benzene rings is 1. The summed E-state index contributed by atoms with van der Waals surface area (Å²) < 4.78 is 9.62. The summed E-state index contributed by atoms with van der Waals surface area (Å²) in [5.74, 6) is -1.85. The molecule has 0 saturated heterocycles. The molecule has 1 aliphatic heterocycles. The molecule has 0 bridgehead atoms. The molecule has 1 aromatic rings. The molecule has 17 heavy (non-hydrogen) atoms. The smallest absolute Gasteiger partial charge is 0.342 e. The molecule has 0 amide bonds. The van der Waals surface area contributed by atoms with E-state index < -0.39 is 23.9 Å². The average Bonchev–Trinajstić information content (AvgIpc) is 2.25. The van der Waals surface area contributed by atoms with Gasteiger partial charge in [-0.2, -0.15) is 0 Å². The van der Waals surface area contributed by atoms with Crippen LogP contribution in [0.3, 0.4) is 0 Å². The number of phenolic OH excluding ortho intramolecular Hbond substituents is 2. The Labute approximate surface area is 97.0 Å². The van der Waals surface area contributed by atoms with E-state index in [4.69, 9.17) is 9.47 Å². The highest BCUT2D eigenvalue weighted by molar-refractivity contribution is 5.97. The maximum atomic E-state index is 11.6. The van der Waals surface area contributed by atoms with Crippen LogP contribution in [0.1, 0.15) is 28.9 Å². The lowest BCUT2D eigenvalue weighted by Crippen LogP contribution is -2.30. The molecule has 3 N–H and O–H groups in total. The SMILES string of the molecule is COc1c(O)cc2c(c1O)C(=O)OC(C)C2O. The van der Waals surface area contributed by atoms with Gasteiger partial charge in [0, 0.05) is 5.56 Å². The molecular weight excluding hydrogens is 228 g/mol. The monoisotopic (exact) mass is 240 g/mol. The van der Waals surface area contributed by atoms with E-state index in [2.05, 4.69) is 0 Å². The first-order valence-electron chi connectivity index (χ1n) is 4.99. The Morgan fingerprint density at radius 2 is 2.06 bits per heavy atom. The van der Waals surface area contributed by atoms with Crippen molar-refractivity contribution < 1.29 is 29.6 Å². The van der Waals surface area contributed by atoms with Gasteiger partial charge in [-0.3, -0.25) is 0 Å². The Kier molecular flexibility index (Phi) is 2.59. The summed E-state index contributed by atoms with van der Waals surface area (Å²) in [4.78, 5) is 11.6. The van der Waals surface area contributed by atoms with Crippen LogP contribution in [0.25, 0.3) is 0 Å². The van der Waals surface area contributed by atoms with Crippen molar-refractivity contribution in [1.29, 1.82) is 0 Å². The Bertz CT molecular complexity index is 481. The second-order valence-electron chi connectivity index (χ2n) is 3.80. The minimum Gasteiger partial charge on any atom is -0.504 e. The second-order valence-corrected chi connectivity index (χ2v) is 3.80. The Balaban J connectivity index is 2.70. The highest BCUT2D eigenvalue weighted by Gasteiger charge is 2.36. The Morgan fingerprint density at radius 1 is 1.41 bits per heavy atom. The molecule has 0 radical (unpaired) electrons. The normalized spacial score (nSPS) is 22.9. The lowest BCUT2D eigenvalue weighted by Gasteiger charge is -2.28. The standard InChI is InChI=1S/C11H12O6/c1-4-8(13)5-3-6(12)10(16-2)9(14)7(5)11(15)17-4/h3-4,8,12-14H,1-2H3. The van der Waals surface area contributed by atoms with E-state index >= 15 is 0 Å². The third kappa shape index (κ3) is 1.57. The van der Waals surface area contributed by atoms with Gasteiger partial charge in [0.2, 0.25) is 5.75 Å². The molecule has 6 nitrogen and oxygen atoms in total. The number of rotatable bonds is 1. The van der Waals surface area contributed by atoms with Gasteiger partial charge in [0.25, 0.3) is 0 Å². The van der Waals surface area contributed by atoms with Crippen LogP contribution in [0.5, 0.6) is 17.2 Å². The fourth-order valence-electron chi connectivity index (χ4n) is 1.85. The van der Waals surface area contributed by atoms with Gasteiger partial charge in [-0.05, 0) is 13.0 Å². The maximum absolute atomic E-state index is 11.6. The van der Waals surface area contributed by atoms with Crippen molar-refractivity contribution in [3.63, 3.8) is 0 Å². The predicted octanol–water partition coefficient (Wildman–Crippen LogP) is 0.699. The highest BCUT2D eigenvalue weighted by Crippen LogP contribution is 2.45. The van der Waals surface area contributed by atoms with Crippen LogP contribution >= 0.6 is 0 Å². The van der Waals surface area contributed by atoms with Crippen LogP contribution < -0.4 is 4.74 Å². The number of phenols is 2. The zero-order valence-corrected chi connectivity index (χ0v) is 9.30. The number of fused-ring (bicyclic) bond motifs is 1. The van der Waals surface area contributed by atoms with E-state index in [1.165, 1.54) is 20.1 Å². The van der Waals surface area contributed by atoms with Crippen LogP contribution in [0.2, 0.25) is 0 Å². The number of methoxy groups -OCH3 is 1. The number of esters is 1. The zero-order valence-electron chi connectivity index (χ0n) is 9.30. The van der Waals surface area contributed by atoms with E-state index in [-0.39, 0.29) is 22.6 Å². The third-order valence-corrected chi connectivity index (χ3v) is 2.73. The fraction of sp³-hybridized carbons (Fsp3) is 0.364. The Morgan fingerprint density at radius 3 is 2.65 bits per heavy atom. The maximum Gasteiger partial charge on any atom is 0.342 e. The molecule has 2 rings (SSSR count). The van der Waals surface area contributed by atoms with Crippen LogP contribution in [-0.4, -0.2) is 34.5 Å². The number of hydrogen-bond acceptors (Lipinski definition) is 6. The van der Waals surface area contributed by atoms with E-state index in [9.17, 15) is 20.1 Å². The molecule has 92 valence electrons. The van der Waals surface area contributed by atoms with Crippen LogP contribution in [0.15, 0.2) is 6.07 Å². The van der Waals surface area contributed by atoms with E-state index in [0.717, 1.165) is 0 Å². The predicted molar refractivity (Wildman–Crippen MR) is 56.2 cm³/mol. The van der Waals surface area contributed by atoms with Gasteiger partial charge < -0.3 is 24.8 Å². The minimum absolute atomic E-state index is 0.129. The van der Waals surface area contributed by atoms with Gasteiger partial charge >= 0.3 is 5.97 Å². The van der Waals surface area contributed by atoms with Gasteiger partial charge in [0.15, 0.2) is 11.5 Å². The van der Waals surface area contributed by atoms with Gasteiger partial charge in [-0.15, -0.1) is 0 Å². The lowest BCUT2D eigenvalue weighted by molar-refractivity contribution is -0.0218. The van der Waals surface area contributed by atoms with Gasteiger partial charge in [-0.1, -0.05) is 0 Å². The molecule has 0 fully saturated rings. The third-order valence-electron chi connectivity index (χ3n) is 2.73. The van der Waals surface area contributed by atoms with Crippen molar-refractivity contribution in [3.8, 4) is 17.2 Å². The summed E-state index contributed by atoms with van der Waals surface area (Å²) in [6.45, 7) is 1.52. The van der Waals surface area contributed by atoms with Crippen LogP contribution in [0.4, 0.5) is 0 Å². The number of carbonyl (C=O) groups excluding carboxylic acids is 1. The first-order valence-corrected chi connectivity index (χ1v) is 4.99. The summed E-state index contributed by atoms with van der Waals surface area (Å²) in [5.41, 5.74) is -0.0465. The van der Waals surface area contributed by atoms with E-state index in [1.807, 2.05) is 0 Å². The first kappa shape index (κ1) is 11.5. The summed E-state index contributed by atoms with van der Waals surface area (Å²) in [7, 11) is 1.24. The minimum atomic E-state index is -1.09. The second kappa shape index (κ2) is 3.81. The zero-order chi connectivity index (χ0) is 12.7. The number of aromatic hydroxyl groups is 2. The molecule has 1 aliphatic rings. The number of carbonyl (C=O) groups is 1. The molecule has 1 heterocycles. The van der Waals surface area contributed by atoms with Crippen molar-refractivity contribution in [2.75, 3.05) is 7.11 Å². The van der Waals surface area contributed by atoms with Gasteiger partial charge in [0.05, 0.1) is 7.11 Å². The van der Waals surface area contributed by atoms with Crippen molar-refractivity contribution in [1.82, 2.24) is 0 Å². The highest BCUT2D eigenvalue weighted by atomic mass is 16.6. The topological polar surface area (TPSA) is 96.2 Å². The van der Waals surface area contributed by atoms with E-state index in [0.29, 0.717) is 0 Å². The summed E-state index contributed by atoms with van der Waals surface area (Å²) in [5, 5.41) is 29.2. The van der Waals surface area contributed by atoms with Crippen molar-refractivity contribution in [2.24, 2.45) is 0 Å². The quantitative estimate of drug-likeness (QED) is 0.625. The molecule has 1 aromatic carbocycles. The van der Waals surface area contributed by atoms with Crippen molar-refractivity contribution in [2.45, 2.75) is 19.1 Å². The van der Waals surface area contributed by atoms with Crippen LogP contribution in [-0.2, 0) is 4.74 Å². The number of ether oxygens (including phenoxy) is 2. The fourth-order valence-corrected chi connectivity index (χ4v) is 1.85. The van der Waals surface area contributed by atoms with Crippen molar-refractivity contribution >= 4 is 5.97 Å². The number of aliphatic hydroxyl groups excluding tert-OH is 1. The van der Waals surface area contributed by atoms with Crippen LogP contribution in [0, 0.1) is 0 Å². The Hall–Kier alpha value is -1.95. The van der Waals surface area contributed by atoms with Crippen molar-refractivity contribution in [3.05, 3.63) is 17.2 Å². The molecule has 2 atom stereocenters. The van der Waals surface area contributed by atoms with E-state index in [1.54, 1.807) is 0 Å². The molecule has 0 aromatic heterocycles. The summed E-state index contributed by atoms with van der Waals surface area (Å²) in [6, 6.07) is 1.19.